The molecule has 1 N–H and O–H groups in total. The number of nitrogens with one attached hydrogen (secondary N) is 1. The molecule has 2 amide bonds. The van der Waals surface area contributed by atoms with Crippen molar-refractivity contribution < 1.29 is 9.59 Å². The summed E-state index contributed by atoms with van der Waals surface area (Å²) in [7, 11) is 0. The third-order valence-corrected chi connectivity index (χ3v) is 4.23. The molecule has 1 aliphatic heterocycles. The van der Waals surface area contributed by atoms with E-state index in [2.05, 4.69) is 5.32 Å². The summed E-state index contributed by atoms with van der Waals surface area (Å²) in [5, 5.41) is 11.9. The largest absolute Gasteiger partial charge is 0.326 e. The first-order valence-corrected chi connectivity index (χ1v) is 7.82. The van der Waals surface area contributed by atoms with Gasteiger partial charge >= 0.3 is 0 Å². The van der Waals surface area contributed by atoms with Crippen LogP contribution in [-0.2, 0) is 9.59 Å². The first-order chi connectivity index (χ1) is 11.6. The Kier molecular flexibility index (Phi) is 4.50. The van der Waals surface area contributed by atoms with Gasteiger partial charge in [0.15, 0.2) is 0 Å². The molecule has 1 aliphatic rings. The van der Waals surface area contributed by atoms with E-state index in [9.17, 15) is 9.59 Å². The van der Waals surface area contributed by atoms with E-state index in [1.807, 2.05) is 36.4 Å². The van der Waals surface area contributed by atoms with Gasteiger partial charge in [0.2, 0.25) is 11.8 Å². The van der Waals surface area contributed by atoms with E-state index < -0.39 is 5.92 Å². The van der Waals surface area contributed by atoms with Crippen LogP contribution in [0.5, 0.6) is 0 Å². The van der Waals surface area contributed by atoms with Crippen molar-refractivity contribution in [2.45, 2.75) is 6.42 Å². The first kappa shape index (κ1) is 16.0. The Balaban J connectivity index is 1.69. The molecule has 0 unspecified atom stereocenters. The molecular weight excluding hydrogens is 326 g/mol. The van der Waals surface area contributed by atoms with Gasteiger partial charge in [0.1, 0.15) is 6.07 Å². The van der Waals surface area contributed by atoms with Crippen LogP contribution in [0.3, 0.4) is 0 Å². The van der Waals surface area contributed by atoms with Crippen LogP contribution >= 0.6 is 11.6 Å². The number of hydrogen-bond acceptors (Lipinski definition) is 3. The fourth-order valence-electron chi connectivity index (χ4n) is 2.67. The van der Waals surface area contributed by atoms with Crippen molar-refractivity contribution in [3.63, 3.8) is 0 Å². The fourth-order valence-corrected chi connectivity index (χ4v) is 2.89. The number of carbonyl (C=O) groups is 2. The minimum Gasteiger partial charge on any atom is -0.326 e. The quantitative estimate of drug-likeness (QED) is 0.933. The van der Waals surface area contributed by atoms with Crippen LogP contribution in [0.2, 0.25) is 5.02 Å². The summed E-state index contributed by atoms with van der Waals surface area (Å²) in [6.07, 6.45) is 0.171. The summed E-state index contributed by atoms with van der Waals surface area (Å²) in [6, 6.07) is 15.9. The maximum Gasteiger partial charge on any atom is 0.229 e. The summed E-state index contributed by atoms with van der Waals surface area (Å²) in [6.45, 7) is 0.346. The van der Waals surface area contributed by atoms with Crippen molar-refractivity contribution in [3.05, 3.63) is 59.1 Å². The van der Waals surface area contributed by atoms with Crippen molar-refractivity contribution in [1.29, 1.82) is 5.26 Å². The number of hydrogen-bond donors (Lipinski definition) is 1. The maximum absolute atomic E-state index is 12.4. The molecule has 0 saturated carbocycles. The molecule has 0 radical (unpaired) electrons. The number of rotatable bonds is 3. The number of carbonyl (C=O) groups excluding carboxylic acids is 2. The normalized spacial score (nSPS) is 16.8. The van der Waals surface area contributed by atoms with Gasteiger partial charge in [0.25, 0.3) is 0 Å². The lowest BCUT2D eigenvalue weighted by Gasteiger charge is -2.16. The predicted octanol–water partition coefficient (Wildman–Crippen LogP) is 3.20. The fraction of sp³-hybridized carbons (Fsp3) is 0.167. The Hall–Kier alpha value is -2.84. The third-order valence-electron chi connectivity index (χ3n) is 3.92. The maximum atomic E-state index is 12.4. The van der Waals surface area contributed by atoms with Crippen molar-refractivity contribution in [2.75, 3.05) is 16.8 Å². The smallest absolute Gasteiger partial charge is 0.229 e. The van der Waals surface area contributed by atoms with E-state index in [0.717, 1.165) is 5.69 Å². The van der Waals surface area contributed by atoms with Crippen molar-refractivity contribution >= 4 is 34.8 Å². The second kappa shape index (κ2) is 6.73. The lowest BCUT2D eigenvalue weighted by Crippen LogP contribution is -2.28. The monoisotopic (exact) mass is 339 g/mol. The highest BCUT2D eigenvalue weighted by Crippen LogP contribution is 2.26. The molecule has 5 nitrogen and oxygen atoms in total. The molecule has 0 bridgehead atoms. The highest BCUT2D eigenvalue weighted by Gasteiger charge is 2.35. The van der Waals surface area contributed by atoms with Crippen LogP contribution in [0.4, 0.5) is 11.4 Å². The molecule has 1 fully saturated rings. The molecule has 0 aromatic heterocycles. The zero-order valence-electron chi connectivity index (χ0n) is 12.7. The van der Waals surface area contributed by atoms with Gasteiger partial charge in [-0.05, 0) is 30.3 Å². The number of para-hydroxylation sites is 1. The molecule has 0 aliphatic carbocycles. The molecule has 24 heavy (non-hydrogen) atoms. The van der Waals surface area contributed by atoms with Crippen LogP contribution in [0.25, 0.3) is 0 Å². The van der Waals surface area contributed by atoms with E-state index >= 15 is 0 Å². The van der Waals surface area contributed by atoms with Crippen LogP contribution in [-0.4, -0.2) is 18.4 Å². The van der Waals surface area contributed by atoms with Gasteiger partial charge < -0.3 is 10.2 Å². The molecule has 1 heterocycles. The van der Waals surface area contributed by atoms with E-state index in [1.165, 1.54) is 6.07 Å². The molecule has 1 atom stereocenters. The Labute approximate surface area is 144 Å². The number of benzene rings is 2. The van der Waals surface area contributed by atoms with E-state index in [1.54, 1.807) is 17.0 Å². The first-order valence-electron chi connectivity index (χ1n) is 7.44. The number of halogens is 1. The van der Waals surface area contributed by atoms with Gasteiger partial charge in [0.05, 0.1) is 16.5 Å². The Morgan fingerprint density at radius 2 is 2.00 bits per heavy atom. The molecular formula is C18H14ClN3O2. The second-order valence-corrected chi connectivity index (χ2v) is 5.94. The topological polar surface area (TPSA) is 73.2 Å². The highest BCUT2D eigenvalue weighted by atomic mass is 35.5. The van der Waals surface area contributed by atoms with Gasteiger partial charge in [-0.3, -0.25) is 9.59 Å². The molecule has 0 spiro atoms. The molecule has 2 aromatic rings. The van der Waals surface area contributed by atoms with E-state index in [-0.39, 0.29) is 23.3 Å². The zero-order chi connectivity index (χ0) is 17.1. The van der Waals surface area contributed by atoms with Crippen molar-refractivity contribution in [2.24, 2.45) is 5.92 Å². The molecule has 1 saturated heterocycles. The van der Waals surface area contributed by atoms with Crippen molar-refractivity contribution in [3.8, 4) is 6.07 Å². The summed E-state index contributed by atoms with van der Waals surface area (Å²) >= 11 is 5.96. The highest BCUT2D eigenvalue weighted by molar-refractivity contribution is 6.32. The Bertz CT molecular complexity index is 830. The van der Waals surface area contributed by atoms with Crippen molar-refractivity contribution in [1.82, 2.24) is 0 Å². The standard InChI is InChI=1S/C18H14ClN3O2/c19-16-9-14(7-6-12(16)10-20)21-18(24)13-8-17(23)22(11-13)15-4-2-1-3-5-15/h1-7,9,13H,8,11H2,(H,21,24)/t13-/m1/s1. The van der Waals surface area contributed by atoms with Gasteiger partial charge in [-0.1, -0.05) is 29.8 Å². The van der Waals surface area contributed by atoms with Gasteiger partial charge in [0, 0.05) is 24.3 Å². The van der Waals surface area contributed by atoms with Gasteiger partial charge in [-0.2, -0.15) is 5.26 Å². The van der Waals surface area contributed by atoms with E-state index in [4.69, 9.17) is 16.9 Å². The van der Waals surface area contributed by atoms with Crippen LogP contribution in [0.15, 0.2) is 48.5 Å². The Morgan fingerprint density at radius 1 is 1.25 bits per heavy atom. The molecule has 120 valence electrons. The van der Waals surface area contributed by atoms with Crippen LogP contribution in [0, 0.1) is 17.2 Å². The zero-order valence-corrected chi connectivity index (χ0v) is 13.5. The summed E-state index contributed by atoms with van der Waals surface area (Å²) < 4.78 is 0. The third kappa shape index (κ3) is 3.24. The van der Waals surface area contributed by atoms with E-state index in [0.29, 0.717) is 17.8 Å². The van der Waals surface area contributed by atoms with Crippen LogP contribution in [0.1, 0.15) is 12.0 Å². The minimum absolute atomic E-state index is 0.0702. The predicted molar refractivity (Wildman–Crippen MR) is 91.7 cm³/mol. The summed E-state index contributed by atoms with van der Waals surface area (Å²) in [4.78, 5) is 26.2. The van der Waals surface area contributed by atoms with Gasteiger partial charge in [-0.25, -0.2) is 0 Å². The lowest BCUT2D eigenvalue weighted by molar-refractivity contribution is -0.122. The Morgan fingerprint density at radius 3 is 2.67 bits per heavy atom. The molecule has 2 aromatic carbocycles. The number of nitrogens with zero attached hydrogens (tertiary/aromatic N) is 2. The number of nitriles is 1. The minimum atomic E-state index is -0.424. The molecule has 6 heteroatoms. The van der Waals surface area contributed by atoms with Crippen LogP contribution < -0.4 is 10.2 Å². The average Bonchev–Trinajstić information content (AvgIpc) is 2.98. The van der Waals surface area contributed by atoms with Gasteiger partial charge in [-0.15, -0.1) is 0 Å². The summed E-state index contributed by atoms with van der Waals surface area (Å²) in [5.41, 5.74) is 1.65. The molecule has 3 rings (SSSR count). The second-order valence-electron chi connectivity index (χ2n) is 5.54. The summed E-state index contributed by atoms with van der Waals surface area (Å²) in [5.74, 6) is -0.728. The average molecular weight is 340 g/mol. The SMILES string of the molecule is N#Cc1ccc(NC(=O)[C@@H]2CC(=O)N(c3ccccc3)C2)cc1Cl. The number of anilines is 2. The number of amides is 2. The lowest BCUT2D eigenvalue weighted by atomic mass is 10.1.